The SMILES string of the molecule is C=C(C)/C=C(C)/N=C(\C=C(/C)C(=C)NCc1ccc(C)c(C)c1)C(=C)NCC(=C)CC. The molecule has 0 aliphatic carbocycles. The third kappa shape index (κ3) is 9.52. The highest BCUT2D eigenvalue weighted by Gasteiger charge is 2.06. The van der Waals surface area contributed by atoms with E-state index < -0.39 is 0 Å². The Labute approximate surface area is 189 Å². The molecular weight excluding hydrogens is 378 g/mol. The summed E-state index contributed by atoms with van der Waals surface area (Å²) in [6, 6.07) is 6.51. The van der Waals surface area contributed by atoms with E-state index in [0.717, 1.165) is 52.5 Å². The van der Waals surface area contributed by atoms with Gasteiger partial charge in [0.1, 0.15) is 0 Å². The zero-order chi connectivity index (χ0) is 23.6. The van der Waals surface area contributed by atoms with Gasteiger partial charge in [-0.1, -0.05) is 62.6 Å². The largest absolute Gasteiger partial charge is 0.381 e. The first-order chi connectivity index (χ1) is 14.5. The van der Waals surface area contributed by atoms with E-state index in [-0.39, 0.29) is 0 Å². The molecule has 2 N–H and O–H groups in total. The third-order valence-electron chi connectivity index (χ3n) is 5.02. The number of aliphatic imine (C=N–C) groups is 1. The topological polar surface area (TPSA) is 36.4 Å². The number of aryl methyl sites for hydroxylation is 2. The molecule has 1 rings (SSSR count). The Hall–Kier alpha value is -3.07. The maximum absolute atomic E-state index is 4.76. The molecule has 0 radical (unpaired) electrons. The van der Waals surface area contributed by atoms with Crippen LogP contribution in [0.5, 0.6) is 0 Å². The second kappa shape index (κ2) is 12.6. The van der Waals surface area contributed by atoms with E-state index in [1.54, 1.807) is 0 Å². The number of nitrogens with zero attached hydrogens (tertiary/aromatic N) is 1. The number of hydrogen-bond donors (Lipinski definition) is 2. The highest BCUT2D eigenvalue weighted by molar-refractivity contribution is 6.08. The molecule has 0 spiro atoms. The summed E-state index contributed by atoms with van der Waals surface area (Å²) in [4.78, 5) is 4.76. The fourth-order valence-electron chi connectivity index (χ4n) is 2.77. The Balaban J connectivity index is 3.01. The fourth-order valence-corrected chi connectivity index (χ4v) is 2.77. The van der Waals surface area contributed by atoms with Crippen LogP contribution in [0.15, 0.2) is 95.5 Å². The molecule has 0 saturated heterocycles. The van der Waals surface area contributed by atoms with Gasteiger partial charge in [0, 0.05) is 24.5 Å². The first-order valence-electron chi connectivity index (χ1n) is 10.7. The number of nitrogens with one attached hydrogen (secondary N) is 2. The number of benzene rings is 1. The van der Waals surface area contributed by atoms with Crippen molar-refractivity contribution in [1.29, 1.82) is 0 Å². The Bertz CT molecular complexity index is 939. The molecular formula is C28H39N3. The van der Waals surface area contributed by atoms with Gasteiger partial charge in [-0.3, -0.25) is 4.99 Å². The maximum Gasteiger partial charge on any atom is 0.0861 e. The zero-order valence-electron chi connectivity index (χ0n) is 20.3. The highest BCUT2D eigenvalue weighted by atomic mass is 14.9. The van der Waals surface area contributed by atoms with Crippen LogP contribution in [-0.4, -0.2) is 12.3 Å². The lowest BCUT2D eigenvalue weighted by Gasteiger charge is -2.14. The van der Waals surface area contributed by atoms with Crippen molar-refractivity contribution in [3.63, 3.8) is 0 Å². The summed E-state index contributed by atoms with van der Waals surface area (Å²) in [7, 11) is 0. The van der Waals surface area contributed by atoms with E-state index in [0.29, 0.717) is 6.54 Å². The molecule has 0 atom stereocenters. The smallest absolute Gasteiger partial charge is 0.0861 e. The van der Waals surface area contributed by atoms with Gasteiger partial charge in [-0.15, -0.1) is 0 Å². The van der Waals surface area contributed by atoms with E-state index in [9.17, 15) is 0 Å². The Morgan fingerprint density at radius 1 is 0.935 bits per heavy atom. The van der Waals surface area contributed by atoms with Gasteiger partial charge in [-0.05, 0) is 75.5 Å². The molecule has 3 nitrogen and oxygen atoms in total. The molecule has 0 aliphatic rings. The second-order valence-corrected chi connectivity index (χ2v) is 8.14. The van der Waals surface area contributed by atoms with E-state index in [1.807, 2.05) is 32.9 Å². The Morgan fingerprint density at radius 2 is 1.61 bits per heavy atom. The van der Waals surface area contributed by atoms with Crippen molar-refractivity contribution in [3.05, 3.63) is 107 Å². The second-order valence-electron chi connectivity index (χ2n) is 8.14. The molecule has 31 heavy (non-hydrogen) atoms. The highest BCUT2D eigenvalue weighted by Crippen LogP contribution is 2.13. The number of rotatable bonds is 12. The van der Waals surface area contributed by atoms with E-state index in [4.69, 9.17) is 4.99 Å². The van der Waals surface area contributed by atoms with Gasteiger partial charge in [0.15, 0.2) is 0 Å². The molecule has 166 valence electrons. The van der Waals surface area contributed by atoms with Crippen LogP contribution in [-0.2, 0) is 6.54 Å². The van der Waals surface area contributed by atoms with Crippen molar-refractivity contribution in [3.8, 4) is 0 Å². The van der Waals surface area contributed by atoms with Crippen LogP contribution in [0.3, 0.4) is 0 Å². The molecule has 1 aromatic carbocycles. The van der Waals surface area contributed by atoms with E-state index >= 15 is 0 Å². The Morgan fingerprint density at radius 3 is 2.19 bits per heavy atom. The predicted molar refractivity (Wildman–Crippen MR) is 138 cm³/mol. The van der Waals surface area contributed by atoms with Gasteiger partial charge < -0.3 is 10.6 Å². The first kappa shape index (κ1) is 26.0. The summed E-state index contributed by atoms with van der Waals surface area (Å²) in [5, 5.41) is 6.76. The maximum atomic E-state index is 4.76. The number of allylic oxidation sites excluding steroid dienone is 5. The monoisotopic (exact) mass is 417 g/mol. The summed E-state index contributed by atoms with van der Waals surface area (Å²) < 4.78 is 0. The number of hydrogen-bond acceptors (Lipinski definition) is 3. The van der Waals surface area contributed by atoms with Gasteiger partial charge in [-0.25, -0.2) is 0 Å². The average molecular weight is 418 g/mol. The molecule has 0 bridgehead atoms. The van der Waals surface area contributed by atoms with Crippen molar-refractivity contribution < 1.29 is 0 Å². The predicted octanol–water partition coefficient (Wildman–Crippen LogP) is 6.84. The minimum Gasteiger partial charge on any atom is -0.381 e. The lowest BCUT2D eigenvalue weighted by Crippen LogP contribution is -2.21. The molecule has 0 aromatic heterocycles. The van der Waals surface area contributed by atoms with Gasteiger partial charge >= 0.3 is 0 Å². The molecule has 0 saturated carbocycles. The van der Waals surface area contributed by atoms with Gasteiger partial charge in [0.2, 0.25) is 0 Å². The normalized spacial score (nSPS) is 12.4. The van der Waals surface area contributed by atoms with E-state index in [2.05, 4.69) is 75.9 Å². The molecule has 0 amide bonds. The van der Waals surface area contributed by atoms with Crippen molar-refractivity contribution in [1.82, 2.24) is 10.6 Å². The van der Waals surface area contributed by atoms with Crippen molar-refractivity contribution >= 4 is 5.71 Å². The lowest BCUT2D eigenvalue weighted by molar-refractivity contribution is 0.821. The minimum absolute atomic E-state index is 0.677. The van der Waals surface area contributed by atoms with Crippen LogP contribution < -0.4 is 10.6 Å². The van der Waals surface area contributed by atoms with Crippen LogP contribution in [0.25, 0.3) is 0 Å². The molecule has 0 unspecified atom stereocenters. The summed E-state index contributed by atoms with van der Waals surface area (Å²) in [6.07, 6.45) is 4.89. The van der Waals surface area contributed by atoms with Gasteiger partial charge in [0.25, 0.3) is 0 Å². The zero-order valence-corrected chi connectivity index (χ0v) is 20.3. The molecule has 3 heteroatoms. The fraction of sp³-hybridized carbons (Fsp3) is 0.321. The Kier molecular flexibility index (Phi) is 10.5. The van der Waals surface area contributed by atoms with Crippen molar-refractivity contribution in [2.75, 3.05) is 6.54 Å². The minimum atomic E-state index is 0.677. The lowest BCUT2D eigenvalue weighted by atomic mass is 10.1. The molecule has 0 heterocycles. The van der Waals surface area contributed by atoms with Crippen LogP contribution >= 0.6 is 0 Å². The van der Waals surface area contributed by atoms with Gasteiger partial charge in [-0.2, -0.15) is 0 Å². The molecule has 1 aromatic rings. The first-order valence-corrected chi connectivity index (χ1v) is 10.7. The van der Waals surface area contributed by atoms with Crippen LogP contribution in [0.4, 0.5) is 0 Å². The average Bonchev–Trinajstić information content (AvgIpc) is 2.70. The van der Waals surface area contributed by atoms with Crippen molar-refractivity contribution in [2.45, 2.75) is 54.5 Å². The van der Waals surface area contributed by atoms with Crippen molar-refractivity contribution in [2.24, 2.45) is 4.99 Å². The summed E-state index contributed by atoms with van der Waals surface area (Å²) >= 11 is 0. The molecule has 0 fully saturated rings. The van der Waals surface area contributed by atoms with E-state index in [1.165, 1.54) is 16.7 Å². The van der Waals surface area contributed by atoms with Crippen LogP contribution in [0, 0.1) is 13.8 Å². The standard InChI is InChI=1S/C28H39N3/c1-11-20(4)17-29-26(10)28(31-24(8)14-19(2)3)16-23(7)25(9)30-18-27-13-12-21(5)22(6)15-27/h12-16,29-30H,2,4,9-11,17-18H2,1,3,5-8H3/b23-16+,24-14+,31-28+. The van der Waals surface area contributed by atoms with Gasteiger partial charge in [0.05, 0.1) is 11.4 Å². The van der Waals surface area contributed by atoms with Crippen LogP contribution in [0.1, 0.15) is 50.8 Å². The molecule has 0 aliphatic heterocycles. The van der Waals surface area contributed by atoms with Crippen LogP contribution in [0.2, 0.25) is 0 Å². The summed E-state index contributed by atoms with van der Waals surface area (Å²) in [5.41, 5.74) is 10.2. The summed E-state index contributed by atoms with van der Waals surface area (Å²) in [5.74, 6) is 0. The summed E-state index contributed by atoms with van der Waals surface area (Å²) in [6.45, 7) is 30.1. The quantitative estimate of drug-likeness (QED) is 0.222. The third-order valence-corrected chi connectivity index (χ3v) is 5.02.